The number of thioether (sulfide) groups is 1. The smallest absolute Gasteiger partial charge is 0.338 e. The van der Waals surface area contributed by atoms with Gasteiger partial charge in [-0.05, 0) is 43.3 Å². The average Bonchev–Trinajstić information content (AvgIpc) is 3.26. The number of hydrogen-bond donors (Lipinski definition) is 2. The molecule has 2 aromatic carbocycles. The van der Waals surface area contributed by atoms with Gasteiger partial charge in [-0.3, -0.25) is 10.1 Å². The number of aromatic nitrogens is 1. The number of thiazole rings is 1. The van der Waals surface area contributed by atoms with Crippen molar-refractivity contribution in [1.29, 1.82) is 0 Å². The minimum absolute atomic E-state index is 0.308. The first-order valence-corrected chi connectivity index (χ1v) is 12.1. The van der Waals surface area contributed by atoms with Crippen LogP contribution in [0.15, 0.2) is 52.7 Å². The Morgan fingerprint density at radius 1 is 1.09 bits per heavy atom. The zero-order chi connectivity index (χ0) is 23.9. The van der Waals surface area contributed by atoms with Crippen molar-refractivity contribution >= 4 is 46.7 Å². The van der Waals surface area contributed by atoms with Crippen LogP contribution < -0.4 is 20.1 Å². The minimum Gasteiger partial charge on any atom is -0.486 e. The summed E-state index contributed by atoms with van der Waals surface area (Å²) >= 11 is 3.22. The topological polar surface area (TPSA) is 116 Å². The van der Waals surface area contributed by atoms with E-state index in [1.807, 2.05) is 12.3 Å². The van der Waals surface area contributed by atoms with E-state index in [9.17, 15) is 14.4 Å². The number of nitrogens with one attached hydrogen (secondary N) is 2. The summed E-state index contributed by atoms with van der Waals surface area (Å²) in [7, 11) is 0. The summed E-state index contributed by atoms with van der Waals surface area (Å²) in [5, 5.41) is 7.68. The maximum atomic E-state index is 12.2. The Labute approximate surface area is 203 Å². The molecule has 0 saturated heterocycles. The maximum absolute atomic E-state index is 12.2. The first kappa shape index (κ1) is 23.6. The number of fused-ring (bicyclic) bond motifs is 1. The van der Waals surface area contributed by atoms with Crippen LogP contribution in [0.4, 0.5) is 10.5 Å². The largest absolute Gasteiger partial charge is 0.486 e. The molecule has 0 atom stereocenters. The zero-order valence-electron chi connectivity index (χ0n) is 18.2. The van der Waals surface area contributed by atoms with Gasteiger partial charge in [-0.25, -0.2) is 14.6 Å². The number of hydrogen-bond acceptors (Lipinski definition) is 9. The lowest BCUT2D eigenvalue weighted by Gasteiger charge is -2.19. The molecule has 0 fully saturated rings. The van der Waals surface area contributed by atoms with E-state index < -0.39 is 24.5 Å². The van der Waals surface area contributed by atoms with E-state index in [1.165, 1.54) is 0 Å². The Balaban J connectivity index is 1.20. The molecule has 0 unspecified atom stereocenters. The summed E-state index contributed by atoms with van der Waals surface area (Å²) in [6.45, 7) is 2.25. The number of amides is 3. The van der Waals surface area contributed by atoms with Gasteiger partial charge in [-0.1, -0.05) is 0 Å². The maximum Gasteiger partial charge on any atom is 0.338 e. The monoisotopic (exact) mass is 499 g/mol. The van der Waals surface area contributed by atoms with Crippen molar-refractivity contribution < 1.29 is 28.6 Å². The van der Waals surface area contributed by atoms with Crippen molar-refractivity contribution in [3.63, 3.8) is 0 Å². The lowest BCUT2D eigenvalue weighted by molar-refractivity contribution is -0.123. The number of carbonyl (C=O) groups excluding carboxylic acids is 3. The number of carbonyl (C=O) groups is 3. The quantitative estimate of drug-likeness (QED) is 0.370. The van der Waals surface area contributed by atoms with Crippen LogP contribution in [0.2, 0.25) is 0 Å². The van der Waals surface area contributed by atoms with Gasteiger partial charge >= 0.3 is 12.0 Å². The fourth-order valence-electron chi connectivity index (χ4n) is 2.98. The molecule has 1 aromatic heterocycles. The number of urea groups is 1. The van der Waals surface area contributed by atoms with E-state index in [4.69, 9.17) is 14.2 Å². The second-order valence-corrected chi connectivity index (χ2v) is 9.22. The Morgan fingerprint density at radius 3 is 2.59 bits per heavy atom. The molecule has 3 aromatic rings. The van der Waals surface area contributed by atoms with Crippen LogP contribution in [-0.2, 0) is 15.3 Å². The molecule has 34 heavy (non-hydrogen) atoms. The second-order valence-electron chi connectivity index (χ2n) is 7.11. The standard InChI is InChI=1S/C23H21N3O6S2/c1-14-24-17(12-33-14)13-34-18-5-2-15(3-6-18)22(28)32-11-21(27)26-23(29)25-16-4-7-19-20(10-16)31-9-8-30-19/h2-7,10,12H,8-9,11,13H2,1H3,(H2,25,26,27,29). The average molecular weight is 500 g/mol. The van der Waals surface area contributed by atoms with E-state index in [-0.39, 0.29) is 0 Å². The second kappa shape index (κ2) is 11.0. The van der Waals surface area contributed by atoms with E-state index in [0.717, 1.165) is 21.3 Å². The molecule has 0 bridgehead atoms. The molecule has 1 aliphatic heterocycles. The van der Waals surface area contributed by atoms with Crippen LogP contribution in [0.25, 0.3) is 0 Å². The van der Waals surface area contributed by atoms with Gasteiger partial charge in [0.2, 0.25) is 0 Å². The molecule has 9 nitrogen and oxygen atoms in total. The number of imide groups is 1. The number of ether oxygens (including phenoxy) is 3. The first-order valence-electron chi connectivity index (χ1n) is 10.3. The van der Waals surface area contributed by atoms with Crippen molar-refractivity contribution in [3.8, 4) is 11.5 Å². The Bertz CT molecular complexity index is 1200. The van der Waals surface area contributed by atoms with Crippen molar-refractivity contribution in [2.45, 2.75) is 17.6 Å². The molecule has 0 aliphatic carbocycles. The number of anilines is 1. The third kappa shape index (κ3) is 6.49. The highest BCUT2D eigenvalue weighted by Crippen LogP contribution is 2.32. The van der Waals surface area contributed by atoms with Gasteiger partial charge < -0.3 is 19.5 Å². The van der Waals surface area contributed by atoms with Gasteiger partial charge in [-0.2, -0.15) is 0 Å². The van der Waals surface area contributed by atoms with Crippen LogP contribution in [0.5, 0.6) is 11.5 Å². The van der Waals surface area contributed by atoms with Crippen molar-refractivity contribution in [2.75, 3.05) is 25.1 Å². The lowest BCUT2D eigenvalue weighted by atomic mass is 10.2. The van der Waals surface area contributed by atoms with Gasteiger partial charge in [0.15, 0.2) is 18.1 Å². The molecule has 2 N–H and O–H groups in total. The van der Waals surface area contributed by atoms with Crippen molar-refractivity contribution in [3.05, 3.63) is 64.1 Å². The molecule has 11 heteroatoms. The van der Waals surface area contributed by atoms with Crippen molar-refractivity contribution in [2.24, 2.45) is 0 Å². The summed E-state index contributed by atoms with van der Waals surface area (Å²) < 4.78 is 15.9. The summed E-state index contributed by atoms with van der Waals surface area (Å²) in [5.74, 6) is 0.416. The molecule has 3 amide bonds. The summed E-state index contributed by atoms with van der Waals surface area (Å²) in [6, 6.07) is 11.0. The predicted octanol–water partition coefficient (Wildman–Crippen LogP) is 4.02. The van der Waals surface area contributed by atoms with E-state index in [2.05, 4.69) is 15.6 Å². The van der Waals surface area contributed by atoms with E-state index >= 15 is 0 Å². The number of esters is 1. The molecule has 0 radical (unpaired) electrons. The Morgan fingerprint density at radius 2 is 1.85 bits per heavy atom. The number of nitrogens with zero attached hydrogens (tertiary/aromatic N) is 1. The highest BCUT2D eigenvalue weighted by Gasteiger charge is 2.15. The van der Waals surface area contributed by atoms with Crippen molar-refractivity contribution in [1.82, 2.24) is 10.3 Å². The highest BCUT2D eigenvalue weighted by molar-refractivity contribution is 7.98. The SMILES string of the molecule is Cc1nc(CSc2ccc(C(=O)OCC(=O)NC(=O)Nc3ccc4c(c3)OCCO4)cc2)cs1. The molecule has 2 heterocycles. The fourth-order valence-corrected chi connectivity index (χ4v) is 4.49. The summed E-state index contributed by atoms with van der Waals surface area (Å²) in [5.41, 5.74) is 1.75. The van der Waals surface area contributed by atoms with Crippen LogP contribution in [0, 0.1) is 6.92 Å². The zero-order valence-corrected chi connectivity index (χ0v) is 19.8. The molecular formula is C23H21N3O6S2. The minimum atomic E-state index is -0.755. The van der Waals surface area contributed by atoms with Gasteiger partial charge in [0, 0.05) is 27.8 Å². The van der Waals surface area contributed by atoms with Crippen LogP contribution >= 0.6 is 23.1 Å². The molecular weight excluding hydrogens is 478 g/mol. The van der Waals surface area contributed by atoms with Crippen LogP contribution in [-0.4, -0.2) is 42.7 Å². The van der Waals surface area contributed by atoms with Gasteiger partial charge in [-0.15, -0.1) is 23.1 Å². The van der Waals surface area contributed by atoms with Gasteiger partial charge in [0.1, 0.15) is 13.2 Å². The third-order valence-corrected chi connectivity index (χ3v) is 6.40. The van der Waals surface area contributed by atoms with Crippen LogP contribution in [0.3, 0.4) is 0 Å². The Kier molecular flexibility index (Phi) is 7.65. The van der Waals surface area contributed by atoms with Crippen LogP contribution in [0.1, 0.15) is 21.1 Å². The predicted molar refractivity (Wildman–Crippen MR) is 128 cm³/mol. The number of rotatable bonds is 7. The van der Waals surface area contributed by atoms with E-state index in [0.29, 0.717) is 36.0 Å². The number of aryl methyl sites for hydroxylation is 1. The highest BCUT2D eigenvalue weighted by atomic mass is 32.2. The summed E-state index contributed by atoms with van der Waals surface area (Å²) in [4.78, 5) is 41.6. The molecule has 4 rings (SSSR count). The van der Waals surface area contributed by atoms with Gasteiger partial charge in [0.05, 0.1) is 16.3 Å². The normalized spacial score (nSPS) is 12.0. The lowest BCUT2D eigenvalue weighted by Crippen LogP contribution is -2.37. The third-order valence-electron chi connectivity index (χ3n) is 4.53. The first-order chi connectivity index (χ1) is 16.5. The molecule has 1 aliphatic rings. The van der Waals surface area contributed by atoms with E-state index in [1.54, 1.807) is 65.6 Å². The Hall–Kier alpha value is -3.57. The summed E-state index contributed by atoms with van der Waals surface area (Å²) in [6.07, 6.45) is 0. The number of benzene rings is 2. The molecule has 0 saturated carbocycles. The molecule has 176 valence electrons. The molecule has 0 spiro atoms. The van der Waals surface area contributed by atoms with Gasteiger partial charge in [0.25, 0.3) is 5.91 Å². The fraction of sp³-hybridized carbons (Fsp3) is 0.217.